The molecule has 0 N–H and O–H groups in total. The Morgan fingerprint density at radius 2 is 2.00 bits per heavy atom. The largest absolute Gasteiger partial charge is 0.378 e. The summed E-state index contributed by atoms with van der Waals surface area (Å²) in [6, 6.07) is 5.79. The van der Waals surface area contributed by atoms with Crippen molar-refractivity contribution in [3.8, 4) is 0 Å². The van der Waals surface area contributed by atoms with Gasteiger partial charge in [0, 0.05) is 25.3 Å². The summed E-state index contributed by atoms with van der Waals surface area (Å²) in [6.07, 6.45) is 0.884. The van der Waals surface area contributed by atoms with E-state index in [0.717, 1.165) is 23.1 Å². The average Bonchev–Trinajstić information content (AvgIpc) is 2.04. The summed E-state index contributed by atoms with van der Waals surface area (Å²) >= 11 is 0. The van der Waals surface area contributed by atoms with Gasteiger partial charge in [-0.2, -0.15) is 0 Å². The van der Waals surface area contributed by atoms with Crippen molar-refractivity contribution in [1.29, 1.82) is 0 Å². The lowest BCUT2D eigenvalue weighted by molar-refractivity contribution is 0.112. The third-order valence-corrected chi connectivity index (χ3v) is 1.90. The molecule has 0 saturated carbocycles. The van der Waals surface area contributed by atoms with Crippen LogP contribution in [0.5, 0.6) is 0 Å². The van der Waals surface area contributed by atoms with Crippen molar-refractivity contribution >= 4 is 12.0 Å². The van der Waals surface area contributed by atoms with Gasteiger partial charge in [0.1, 0.15) is 6.29 Å². The standard InChI is InChI=1S/C10H13NO/c1-8-6-10(11(2)3)5-4-9(8)7-12/h4-7H,1-3H3. The number of carbonyl (C=O) groups is 1. The Balaban J connectivity index is 3.10. The molecule has 0 aliphatic rings. The Hall–Kier alpha value is -1.31. The monoisotopic (exact) mass is 163 g/mol. The number of aryl methyl sites for hydroxylation is 1. The van der Waals surface area contributed by atoms with Gasteiger partial charge in [-0.25, -0.2) is 0 Å². The maximum atomic E-state index is 10.5. The lowest BCUT2D eigenvalue weighted by Gasteiger charge is -2.13. The van der Waals surface area contributed by atoms with Crippen LogP contribution in [-0.4, -0.2) is 20.4 Å². The van der Waals surface area contributed by atoms with Crippen LogP contribution in [0.25, 0.3) is 0 Å². The summed E-state index contributed by atoms with van der Waals surface area (Å²) in [4.78, 5) is 12.5. The third-order valence-electron chi connectivity index (χ3n) is 1.90. The van der Waals surface area contributed by atoms with Crippen LogP contribution < -0.4 is 4.90 Å². The van der Waals surface area contributed by atoms with Gasteiger partial charge in [0.2, 0.25) is 0 Å². The smallest absolute Gasteiger partial charge is 0.150 e. The van der Waals surface area contributed by atoms with Gasteiger partial charge in [-0.05, 0) is 30.7 Å². The molecular weight excluding hydrogens is 150 g/mol. The lowest BCUT2D eigenvalue weighted by atomic mass is 10.1. The molecule has 0 heterocycles. The molecule has 0 aliphatic carbocycles. The van der Waals surface area contributed by atoms with E-state index in [1.165, 1.54) is 0 Å². The highest BCUT2D eigenvalue weighted by atomic mass is 16.1. The maximum Gasteiger partial charge on any atom is 0.150 e. The molecule has 12 heavy (non-hydrogen) atoms. The number of anilines is 1. The zero-order chi connectivity index (χ0) is 9.14. The quantitative estimate of drug-likeness (QED) is 0.620. The first kappa shape index (κ1) is 8.78. The second-order valence-corrected chi connectivity index (χ2v) is 3.05. The molecule has 0 aliphatic heterocycles. The number of aldehydes is 1. The van der Waals surface area contributed by atoms with E-state index in [4.69, 9.17) is 0 Å². The Labute approximate surface area is 72.8 Å². The second kappa shape index (κ2) is 3.39. The fourth-order valence-electron chi connectivity index (χ4n) is 1.07. The van der Waals surface area contributed by atoms with Crippen molar-refractivity contribution in [1.82, 2.24) is 0 Å². The van der Waals surface area contributed by atoms with Gasteiger partial charge >= 0.3 is 0 Å². The van der Waals surface area contributed by atoms with Crippen molar-refractivity contribution in [2.24, 2.45) is 0 Å². The fraction of sp³-hybridized carbons (Fsp3) is 0.300. The Bertz CT molecular complexity index is 292. The predicted molar refractivity (Wildman–Crippen MR) is 50.9 cm³/mol. The predicted octanol–water partition coefficient (Wildman–Crippen LogP) is 1.87. The first-order chi connectivity index (χ1) is 5.65. The molecule has 64 valence electrons. The van der Waals surface area contributed by atoms with Gasteiger partial charge in [0.15, 0.2) is 0 Å². The van der Waals surface area contributed by atoms with Crippen LogP contribution in [-0.2, 0) is 0 Å². The number of hydrogen-bond acceptors (Lipinski definition) is 2. The van der Waals surface area contributed by atoms with Gasteiger partial charge < -0.3 is 4.90 Å². The average molecular weight is 163 g/mol. The molecule has 0 spiro atoms. The highest BCUT2D eigenvalue weighted by molar-refractivity contribution is 5.78. The minimum absolute atomic E-state index is 0.764. The summed E-state index contributed by atoms with van der Waals surface area (Å²) in [6.45, 7) is 1.94. The van der Waals surface area contributed by atoms with E-state index in [2.05, 4.69) is 0 Å². The summed E-state index contributed by atoms with van der Waals surface area (Å²) in [7, 11) is 3.96. The number of carbonyl (C=O) groups excluding carboxylic acids is 1. The van der Waals surface area contributed by atoms with E-state index in [-0.39, 0.29) is 0 Å². The van der Waals surface area contributed by atoms with Gasteiger partial charge in [-0.15, -0.1) is 0 Å². The molecule has 0 amide bonds. The van der Waals surface area contributed by atoms with E-state index in [1.54, 1.807) is 0 Å². The molecule has 0 aromatic heterocycles. The van der Waals surface area contributed by atoms with E-state index >= 15 is 0 Å². The van der Waals surface area contributed by atoms with E-state index in [9.17, 15) is 4.79 Å². The SMILES string of the molecule is Cc1cc(N(C)C)ccc1C=O. The van der Waals surface area contributed by atoms with Gasteiger partial charge in [0.25, 0.3) is 0 Å². The van der Waals surface area contributed by atoms with Crippen LogP contribution in [0.2, 0.25) is 0 Å². The van der Waals surface area contributed by atoms with Crippen molar-refractivity contribution in [2.75, 3.05) is 19.0 Å². The Morgan fingerprint density at radius 1 is 1.33 bits per heavy atom. The summed E-state index contributed by atoms with van der Waals surface area (Å²) in [5.41, 5.74) is 2.91. The van der Waals surface area contributed by atoms with Crippen LogP contribution in [0.15, 0.2) is 18.2 Å². The van der Waals surface area contributed by atoms with Crippen LogP contribution in [0.3, 0.4) is 0 Å². The van der Waals surface area contributed by atoms with Gasteiger partial charge in [-0.1, -0.05) is 0 Å². The number of nitrogens with zero attached hydrogens (tertiary/aromatic N) is 1. The Morgan fingerprint density at radius 3 is 2.42 bits per heavy atom. The molecule has 1 rings (SSSR count). The Kier molecular flexibility index (Phi) is 2.48. The van der Waals surface area contributed by atoms with Crippen molar-refractivity contribution in [3.63, 3.8) is 0 Å². The van der Waals surface area contributed by atoms with E-state index in [1.807, 2.05) is 44.1 Å². The molecule has 0 bridgehead atoms. The molecule has 0 atom stereocenters. The van der Waals surface area contributed by atoms with Crippen molar-refractivity contribution in [3.05, 3.63) is 29.3 Å². The normalized spacial score (nSPS) is 9.58. The zero-order valence-corrected chi connectivity index (χ0v) is 7.66. The van der Waals surface area contributed by atoms with Crippen LogP contribution in [0, 0.1) is 6.92 Å². The molecule has 1 aromatic rings. The fourth-order valence-corrected chi connectivity index (χ4v) is 1.07. The van der Waals surface area contributed by atoms with Crippen LogP contribution in [0.1, 0.15) is 15.9 Å². The second-order valence-electron chi connectivity index (χ2n) is 3.05. The molecule has 0 fully saturated rings. The molecule has 2 heteroatoms. The number of hydrogen-bond donors (Lipinski definition) is 0. The van der Waals surface area contributed by atoms with Crippen LogP contribution >= 0.6 is 0 Å². The minimum Gasteiger partial charge on any atom is -0.378 e. The van der Waals surface area contributed by atoms with Gasteiger partial charge in [-0.3, -0.25) is 4.79 Å². The van der Waals surface area contributed by atoms with Crippen molar-refractivity contribution < 1.29 is 4.79 Å². The van der Waals surface area contributed by atoms with Gasteiger partial charge in [0.05, 0.1) is 0 Å². The third kappa shape index (κ3) is 1.64. The van der Waals surface area contributed by atoms with Crippen LogP contribution in [0.4, 0.5) is 5.69 Å². The molecular formula is C10H13NO. The summed E-state index contributed by atoms with van der Waals surface area (Å²) in [5, 5.41) is 0. The highest BCUT2D eigenvalue weighted by Crippen LogP contribution is 2.15. The minimum atomic E-state index is 0.764. The highest BCUT2D eigenvalue weighted by Gasteiger charge is 1.99. The lowest BCUT2D eigenvalue weighted by Crippen LogP contribution is -2.08. The maximum absolute atomic E-state index is 10.5. The van der Waals surface area contributed by atoms with E-state index in [0.29, 0.717) is 0 Å². The molecule has 0 saturated heterocycles. The summed E-state index contributed by atoms with van der Waals surface area (Å²) in [5.74, 6) is 0. The topological polar surface area (TPSA) is 20.3 Å². The zero-order valence-electron chi connectivity index (χ0n) is 7.66. The first-order valence-electron chi connectivity index (χ1n) is 3.88. The first-order valence-corrected chi connectivity index (χ1v) is 3.88. The van der Waals surface area contributed by atoms with E-state index < -0.39 is 0 Å². The number of benzene rings is 1. The molecule has 1 aromatic carbocycles. The number of rotatable bonds is 2. The summed E-state index contributed by atoms with van der Waals surface area (Å²) < 4.78 is 0. The van der Waals surface area contributed by atoms with Crippen molar-refractivity contribution in [2.45, 2.75) is 6.92 Å². The molecule has 0 unspecified atom stereocenters. The molecule has 0 radical (unpaired) electrons. The molecule has 2 nitrogen and oxygen atoms in total.